The molecule has 20 heavy (non-hydrogen) atoms. The van der Waals surface area contributed by atoms with E-state index in [9.17, 15) is 4.79 Å². The van der Waals surface area contributed by atoms with Crippen molar-refractivity contribution in [3.8, 4) is 0 Å². The Kier molecular flexibility index (Phi) is 2.87. The number of benzene rings is 1. The zero-order valence-electron chi connectivity index (χ0n) is 11.0. The zero-order chi connectivity index (χ0) is 14.1. The second kappa shape index (κ2) is 4.70. The highest BCUT2D eigenvalue weighted by Crippen LogP contribution is 2.20. The molecule has 3 N–H and O–H groups in total. The van der Waals surface area contributed by atoms with Gasteiger partial charge in [0.05, 0.1) is 17.3 Å². The average molecular weight is 266 g/mol. The molecule has 0 atom stereocenters. The van der Waals surface area contributed by atoms with Crippen molar-refractivity contribution >= 4 is 22.8 Å². The summed E-state index contributed by atoms with van der Waals surface area (Å²) in [5, 5.41) is 7.03. The van der Waals surface area contributed by atoms with Crippen LogP contribution in [0.15, 0.2) is 48.8 Å². The molecule has 3 rings (SSSR count). The van der Waals surface area contributed by atoms with Gasteiger partial charge < -0.3 is 11.1 Å². The van der Waals surface area contributed by atoms with Crippen LogP contribution in [-0.4, -0.2) is 15.5 Å². The first-order chi connectivity index (χ1) is 9.65. The maximum absolute atomic E-state index is 12.3. The Balaban J connectivity index is 1.95. The zero-order valence-corrected chi connectivity index (χ0v) is 11.0. The van der Waals surface area contributed by atoms with Crippen LogP contribution in [0, 0.1) is 6.92 Å². The number of rotatable bonds is 2. The third-order valence-corrected chi connectivity index (χ3v) is 3.18. The highest BCUT2D eigenvalue weighted by molar-refractivity contribution is 6.09. The monoisotopic (exact) mass is 266 g/mol. The number of aromatic nitrogens is 2. The first-order valence-corrected chi connectivity index (χ1v) is 6.25. The molecule has 0 aliphatic heterocycles. The summed E-state index contributed by atoms with van der Waals surface area (Å²) in [5.41, 5.74) is 9.34. The van der Waals surface area contributed by atoms with Gasteiger partial charge in [0.2, 0.25) is 0 Å². The van der Waals surface area contributed by atoms with Gasteiger partial charge >= 0.3 is 0 Å². The number of amides is 1. The van der Waals surface area contributed by atoms with Crippen molar-refractivity contribution in [1.29, 1.82) is 0 Å². The summed E-state index contributed by atoms with van der Waals surface area (Å²) in [5.74, 6) is -0.195. The predicted octanol–water partition coefficient (Wildman–Crippen LogP) is 2.48. The lowest BCUT2D eigenvalue weighted by atomic mass is 10.1. The highest BCUT2D eigenvalue weighted by atomic mass is 16.1. The summed E-state index contributed by atoms with van der Waals surface area (Å²) in [6.45, 7) is 1.92. The van der Waals surface area contributed by atoms with Gasteiger partial charge in [-0.1, -0.05) is 12.1 Å². The normalized spacial score (nSPS) is 10.7. The van der Waals surface area contributed by atoms with Crippen LogP contribution in [0.1, 0.15) is 15.9 Å². The van der Waals surface area contributed by atoms with Crippen LogP contribution >= 0.6 is 0 Å². The van der Waals surface area contributed by atoms with Gasteiger partial charge in [0.25, 0.3) is 5.91 Å². The lowest BCUT2D eigenvalue weighted by molar-refractivity contribution is 0.102. The van der Waals surface area contributed by atoms with Crippen molar-refractivity contribution in [2.45, 2.75) is 6.92 Å². The number of hydrogen-bond donors (Lipinski definition) is 2. The Hall–Kier alpha value is -2.82. The topological polar surface area (TPSA) is 72.4 Å². The minimum absolute atomic E-state index is 0.195. The molecular weight excluding hydrogens is 252 g/mol. The van der Waals surface area contributed by atoms with Crippen LogP contribution in [0.2, 0.25) is 0 Å². The Labute approximate surface area is 116 Å². The lowest BCUT2D eigenvalue weighted by Gasteiger charge is -2.08. The number of carbonyl (C=O) groups is 1. The standard InChI is InChI=1S/C15H14N4O/c1-10-5-6-11(16)8-13(10)18-15(20)12-9-17-19-7-3-2-4-14(12)19/h2-9H,16H2,1H3,(H,18,20). The van der Waals surface area contributed by atoms with Gasteiger partial charge in [0.15, 0.2) is 0 Å². The van der Waals surface area contributed by atoms with Gasteiger partial charge in [-0.15, -0.1) is 0 Å². The summed E-state index contributed by atoms with van der Waals surface area (Å²) in [7, 11) is 0. The van der Waals surface area contributed by atoms with Crippen molar-refractivity contribution in [2.24, 2.45) is 0 Å². The number of pyridine rings is 1. The van der Waals surface area contributed by atoms with E-state index >= 15 is 0 Å². The van der Waals surface area contributed by atoms with Gasteiger partial charge in [-0.2, -0.15) is 5.10 Å². The molecule has 0 spiro atoms. The summed E-state index contributed by atoms with van der Waals surface area (Å²) in [6.07, 6.45) is 3.37. The molecule has 0 saturated carbocycles. The smallest absolute Gasteiger partial charge is 0.259 e. The Morgan fingerprint density at radius 1 is 1.30 bits per heavy atom. The number of anilines is 2. The molecule has 0 aliphatic carbocycles. The van der Waals surface area contributed by atoms with Crippen LogP contribution in [0.4, 0.5) is 11.4 Å². The van der Waals surface area contributed by atoms with Crippen molar-refractivity contribution in [1.82, 2.24) is 9.61 Å². The quantitative estimate of drug-likeness (QED) is 0.700. The first kappa shape index (κ1) is 12.2. The van der Waals surface area contributed by atoms with Crippen molar-refractivity contribution in [3.05, 3.63) is 59.9 Å². The van der Waals surface area contributed by atoms with E-state index in [1.54, 1.807) is 29.0 Å². The molecule has 1 amide bonds. The van der Waals surface area contributed by atoms with Crippen molar-refractivity contribution in [3.63, 3.8) is 0 Å². The molecule has 0 bridgehead atoms. The van der Waals surface area contributed by atoms with Gasteiger partial charge in [-0.05, 0) is 36.8 Å². The summed E-state index contributed by atoms with van der Waals surface area (Å²) in [4.78, 5) is 12.3. The minimum Gasteiger partial charge on any atom is -0.399 e. The molecule has 2 heterocycles. The SMILES string of the molecule is Cc1ccc(N)cc1NC(=O)c1cnn2ccccc12. The molecule has 0 unspecified atom stereocenters. The van der Waals surface area contributed by atoms with Gasteiger partial charge in [0.1, 0.15) is 0 Å². The minimum atomic E-state index is -0.195. The molecular formula is C15H14N4O. The number of fused-ring (bicyclic) bond motifs is 1. The van der Waals surface area contributed by atoms with Crippen LogP contribution in [0.3, 0.4) is 0 Å². The fourth-order valence-electron chi connectivity index (χ4n) is 2.07. The average Bonchev–Trinajstić information content (AvgIpc) is 2.87. The first-order valence-electron chi connectivity index (χ1n) is 6.25. The fraction of sp³-hybridized carbons (Fsp3) is 0.0667. The lowest BCUT2D eigenvalue weighted by Crippen LogP contribution is -2.12. The Bertz CT molecular complexity index is 791. The van der Waals surface area contributed by atoms with E-state index in [2.05, 4.69) is 10.4 Å². The molecule has 0 radical (unpaired) electrons. The Morgan fingerprint density at radius 2 is 2.15 bits per heavy atom. The molecule has 0 aliphatic rings. The molecule has 2 aromatic heterocycles. The van der Waals surface area contributed by atoms with Gasteiger partial charge in [-0.3, -0.25) is 4.79 Å². The van der Waals surface area contributed by atoms with E-state index in [0.717, 1.165) is 11.1 Å². The van der Waals surface area contributed by atoms with Crippen LogP contribution in [-0.2, 0) is 0 Å². The maximum atomic E-state index is 12.3. The number of hydrogen-bond acceptors (Lipinski definition) is 3. The highest BCUT2D eigenvalue weighted by Gasteiger charge is 2.13. The third-order valence-electron chi connectivity index (χ3n) is 3.18. The summed E-state index contributed by atoms with van der Waals surface area (Å²) in [6, 6.07) is 11.0. The van der Waals surface area contributed by atoms with Crippen molar-refractivity contribution < 1.29 is 4.79 Å². The predicted molar refractivity (Wildman–Crippen MR) is 78.7 cm³/mol. The molecule has 5 heteroatoms. The van der Waals surface area contributed by atoms with Crippen LogP contribution < -0.4 is 11.1 Å². The number of carbonyl (C=O) groups excluding carboxylic acids is 1. The van der Waals surface area contributed by atoms with E-state index in [-0.39, 0.29) is 5.91 Å². The summed E-state index contributed by atoms with van der Waals surface area (Å²) >= 11 is 0. The molecule has 3 aromatic rings. The third kappa shape index (κ3) is 2.09. The van der Waals surface area contributed by atoms with E-state index in [0.29, 0.717) is 16.9 Å². The van der Waals surface area contributed by atoms with Crippen LogP contribution in [0.25, 0.3) is 5.52 Å². The number of nitrogens with one attached hydrogen (secondary N) is 1. The fourth-order valence-corrected chi connectivity index (χ4v) is 2.07. The number of aryl methyl sites for hydroxylation is 1. The van der Waals surface area contributed by atoms with E-state index in [1.807, 2.05) is 31.2 Å². The Morgan fingerprint density at radius 3 is 3.00 bits per heavy atom. The molecule has 0 fully saturated rings. The van der Waals surface area contributed by atoms with Gasteiger partial charge in [-0.25, -0.2) is 4.52 Å². The van der Waals surface area contributed by atoms with Crippen molar-refractivity contribution in [2.75, 3.05) is 11.1 Å². The van der Waals surface area contributed by atoms with Crippen LogP contribution in [0.5, 0.6) is 0 Å². The van der Waals surface area contributed by atoms with E-state index in [1.165, 1.54) is 0 Å². The number of nitrogen functional groups attached to an aromatic ring is 1. The van der Waals surface area contributed by atoms with Gasteiger partial charge in [0, 0.05) is 17.6 Å². The maximum Gasteiger partial charge on any atom is 0.259 e. The molecule has 0 saturated heterocycles. The molecule has 5 nitrogen and oxygen atoms in total. The second-order valence-electron chi connectivity index (χ2n) is 4.62. The molecule has 100 valence electrons. The number of nitrogens with two attached hydrogens (primary N) is 1. The second-order valence-corrected chi connectivity index (χ2v) is 4.62. The number of nitrogens with zero attached hydrogens (tertiary/aromatic N) is 2. The summed E-state index contributed by atoms with van der Waals surface area (Å²) < 4.78 is 1.67. The molecule has 1 aromatic carbocycles. The van der Waals surface area contributed by atoms with E-state index in [4.69, 9.17) is 5.73 Å². The largest absolute Gasteiger partial charge is 0.399 e. The van der Waals surface area contributed by atoms with E-state index < -0.39 is 0 Å².